The lowest BCUT2D eigenvalue weighted by Crippen LogP contribution is -2.47. The Balaban J connectivity index is 1.49. The van der Waals surface area contributed by atoms with Crippen molar-refractivity contribution >= 4 is 17.3 Å². The maximum atomic E-state index is 9.87. The Morgan fingerprint density at radius 1 is 1.24 bits per heavy atom. The predicted molar refractivity (Wildman–Crippen MR) is 81.6 cm³/mol. The molecular formula is C14H21N5O2. The quantitative estimate of drug-likeness (QED) is 0.716. The number of ether oxygens (including phenoxy) is 1. The maximum absolute atomic E-state index is 9.87. The van der Waals surface area contributed by atoms with Crippen molar-refractivity contribution in [2.75, 3.05) is 49.9 Å². The first-order valence-corrected chi connectivity index (χ1v) is 7.29. The number of aliphatic imine (C=N–C) groups is 1. The summed E-state index contributed by atoms with van der Waals surface area (Å²) in [7, 11) is 0. The summed E-state index contributed by atoms with van der Waals surface area (Å²) in [5.74, 6) is 0.568. The molecule has 1 saturated heterocycles. The van der Waals surface area contributed by atoms with Gasteiger partial charge in [-0.05, 0) is 18.6 Å². The highest BCUT2D eigenvalue weighted by Crippen LogP contribution is 2.25. The zero-order chi connectivity index (χ0) is 14.5. The van der Waals surface area contributed by atoms with Gasteiger partial charge in [-0.15, -0.1) is 0 Å². The summed E-state index contributed by atoms with van der Waals surface area (Å²) in [6.45, 7) is 5.40. The number of nitrogens with one attached hydrogen (secondary N) is 2. The van der Waals surface area contributed by atoms with Crippen LogP contribution in [0.3, 0.4) is 0 Å². The van der Waals surface area contributed by atoms with E-state index in [-0.39, 0.29) is 0 Å². The summed E-state index contributed by atoms with van der Waals surface area (Å²) >= 11 is 0. The van der Waals surface area contributed by atoms with Gasteiger partial charge in [0.05, 0.1) is 18.9 Å². The number of hydrogen-bond donors (Lipinski definition) is 3. The van der Waals surface area contributed by atoms with Crippen LogP contribution in [0.15, 0.2) is 29.3 Å². The van der Waals surface area contributed by atoms with E-state index in [9.17, 15) is 5.21 Å². The van der Waals surface area contributed by atoms with Crippen LogP contribution in [-0.4, -0.2) is 55.5 Å². The molecule has 2 aliphatic rings. The van der Waals surface area contributed by atoms with Gasteiger partial charge < -0.3 is 10.1 Å². The number of rotatable bonds is 4. The number of benzene rings is 1. The average Bonchev–Trinajstić information content (AvgIpc) is 2.53. The number of para-hydroxylation sites is 2. The van der Waals surface area contributed by atoms with E-state index < -0.39 is 0 Å². The van der Waals surface area contributed by atoms with Crippen molar-refractivity contribution in [2.24, 2.45) is 4.99 Å². The normalized spacial score (nSPS) is 20.8. The highest BCUT2D eigenvalue weighted by molar-refractivity contribution is 6.00. The van der Waals surface area contributed by atoms with E-state index >= 15 is 0 Å². The lowest BCUT2D eigenvalue weighted by atomic mass is 10.2. The minimum absolute atomic E-state index is 0.568. The summed E-state index contributed by atoms with van der Waals surface area (Å²) in [6, 6.07) is 7.52. The molecule has 7 heteroatoms. The first-order valence-electron chi connectivity index (χ1n) is 7.29. The molecule has 114 valence electrons. The molecule has 1 aromatic carbocycles. The lowest BCUT2D eigenvalue weighted by Gasteiger charge is -2.28. The summed E-state index contributed by atoms with van der Waals surface area (Å²) in [6.07, 6.45) is 0.986. The van der Waals surface area contributed by atoms with E-state index in [0.717, 1.165) is 50.1 Å². The highest BCUT2D eigenvalue weighted by atomic mass is 16.5. The number of anilines is 2. The van der Waals surface area contributed by atoms with Gasteiger partial charge in [0.25, 0.3) is 0 Å². The Morgan fingerprint density at radius 3 is 2.90 bits per heavy atom. The fraction of sp³-hybridized carbons (Fsp3) is 0.500. The molecule has 0 amide bonds. The second-order valence-electron chi connectivity index (χ2n) is 5.10. The Morgan fingerprint density at radius 2 is 2.05 bits per heavy atom. The Labute approximate surface area is 124 Å². The minimum Gasteiger partial charge on any atom is -0.379 e. The van der Waals surface area contributed by atoms with Gasteiger partial charge in [0.1, 0.15) is 5.69 Å². The molecule has 7 nitrogen and oxygen atoms in total. The molecule has 1 aromatic rings. The Hall–Kier alpha value is -1.83. The third-order valence-electron chi connectivity index (χ3n) is 3.60. The molecule has 0 unspecified atom stereocenters. The zero-order valence-corrected chi connectivity index (χ0v) is 12.0. The molecule has 2 aliphatic heterocycles. The maximum Gasteiger partial charge on any atom is 0.217 e. The van der Waals surface area contributed by atoms with Crippen molar-refractivity contribution in [1.82, 2.24) is 10.3 Å². The van der Waals surface area contributed by atoms with Crippen LogP contribution < -0.4 is 15.9 Å². The summed E-state index contributed by atoms with van der Waals surface area (Å²) in [4.78, 5) is 6.84. The van der Waals surface area contributed by atoms with Crippen LogP contribution in [0.25, 0.3) is 0 Å². The van der Waals surface area contributed by atoms with Crippen LogP contribution in [-0.2, 0) is 4.74 Å². The van der Waals surface area contributed by atoms with E-state index in [1.165, 1.54) is 0 Å². The summed E-state index contributed by atoms with van der Waals surface area (Å²) < 4.78 is 5.32. The topological polar surface area (TPSA) is 72.4 Å². The second kappa shape index (κ2) is 6.75. The van der Waals surface area contributed by atoms with Gasteiger partial charge in [-0.2, -0.15) is 5.17 Å². The van der Waals surface area contributed by atoms with Crippen LogP contribution in [0.1, 0.15) is 6.42 Å². The first kappa shape index (κ1) is 14.1. The number of nitrogens with zero attached hydrogens (tertiary/aromatic N) is 3. The van der Waals surface area contributed by atoms with E-state index in [0.29, 0.717) is 18.2 Å². The fourth-order valence-electron chi connectivity index (χ4n) is 2.46. The van der Waals surface area contributed by atoms with E-state index in [1.807, 2.05) is 24.3 Å². The van der Waals surface area contributed by atoms with Crippen LogP contribution in [0.4, 0.5) is 11.4 Å². The van der Waals surface area contributed by atoms with Crippen LogP contribution in [0.5, 0.6) is 0 Å². The van der Waals surface area contributed by atoms with Crippen molar-refractivity contribution in [1.29, 1.82) is 0 Å². The first-order chi connectivity index (χ1) is 10.3. The van der Waals surface area contributed by atoms with Crippen LogP contribution >= 0.6 is 0 Å². The molecule has 21 heavy (non-hydrogen) atoms. The van der Waals surface area contributed by atoms with Gasteiger partial charge in [-0.1, -0.05) is 12.1 Å². The van der Waals surface area contributed by atoms with Gasteiger partial charge in [0.2, 0.25) is 5.96 Å². The SMILES string of the molecule is ON1NC(=NCCCN2CCOCC2)Nc2ccccc21. The molecule has 3 N–H and O–H groups in total. The van der Waals surface area contributed by atoms with Crippen molar-refractivity contribution < 1.29 is 9.94 Å². The number of fused-ring (bicyclic) bond motifs is 1. The predicted octanol–water partition coefficient (Wildman–Crippen LogP) is 0.891. The minimum atomic E-state index is 0.568. The van der Waals surface area contributed by atoms with Crippen molar-refractivity contribution in [3.63, 3.8) is 0 Å². The number of guanidine groups is 1. The summed E-state index contributed by atoms with van der Waals surface area (Å²) in [5.41, 5.74) is 4.33. The third-order valence-corrected chi connectivity index (χ3v) is 3.60. The molecular weight excluding hydrogens is 270 g/mol. The molecule has 0 saturated carbocycles. The number of morpholine rings is 1. The van der Waals surface area contributed by atoms with E-state index in [2.05, 4.69) is 20.6 Å². The monoisotopic (exact) mass is 291 g/mol. The molecule has 0 spiro atoms. The molecule has 0 atom stereocenters. The Bertz CT molecular complexity index is 502. The molecule has 3 rings (SSSR count). The van der Waals surface area contributed by atoms with Crippen LogP contribution in [0, 0.1) is 0 Å². The highest BCUT2D eigenvalue weighted by Gasteiger charge is 2.17. The molecule has 0 bridgehead atoms. The van der Waals surface area contributed by atoms with Crippen molar-refractivity contribution in [2.45, 2.75) is 6.42 Å². The second-order valence-corrected chi connectivity index (χ2v) is 5.10. The van der Waals surface area contributed by atoms with Crippen LogP contribution in [0.2, 0.25) is 0 Å². The fourth-order valence-corrected chi connectivity index (χ4v) is 2.46. The number of hydrogen-bond acceptors (Lipinski definition) is 5. The molecule has 0 aromatic heterocycles. The number of hydrazine groups is 1. The van der Waals surface area contributed by atoms with Gasteiger partial charge in [-0.25, -0.2) is 5.43 Å². The largest absolute Gasteiger partial charge is 0.379 e. The Kier molecular flexibility index (Phi) is 4.54. The average molecular weight is 291 g/mol. The van der Waals surface area contributed by atoms with Crippen molar-refractivity contribution in [3.05, 3.63) is 24.3 Å². The molecule has 0 radical (unpaired) electrons. The molecule has 0 aliphatic carbocycles. The van der Waals surface area contributed by atoms with Gasteiger partial charge in [-0.3, -0.25) is 15.1 Å². The molecule has 1 fully saturated rings. The van der Waals surface area contributed by atoms with Gasteiger partial charge in [0.15, 0.2) is 0 Å². The van der Waals surface area contributed by atoms with E-state index in [1.54, 1.807) is 0 Å². The summed E-state index contributed by atoms with van der Waals surface area (Å²) in [5, 5.41) is 14.0. The standard InChI is InChI=1S/C14H21N5O2/c20-19-13-5-2-1-4-12(13)16-14(17-19)15-6-3-7-18-8-10-21-11-9-18/h1-2,4-5,20H,3,6-11H2,(H2,15,16,17). The molecule has 2 heterocycles. The van der Waals surface area contributed by atoms with Gasteiger partial charge in [0, 0.05) is 26.2 Å². The van der Waals surface area contributed by atoms with E-state index in [4.69, 9.17) is 4.74 Å². The van der Waals surface area contributed by atoms with Gasteiger partial charge >= 0.3 is 0 Å². The zero-order valence-electron chi connectivity index (χ0n) is 12.0. The lowest BCUT2D eigenvalue weighted by molar-refractivity contribution is 0.0377. The smallest absolute Gasteiger partial charge is 0.217 e. The van der Waals surface area contributed by atoms with Crippen molar-refractivity contribution in [3.8, 4) is 0 Å². The third kappa shape index (κ3) is 3.63.